The number of amides is 2. The van der Waals surface area contributed by atoms with Crippen LogP contribution in [0, 0.1) is 5.92 Å². The Balaban J connectivity index is 1.66. The third-order valence-electron chi connectivity index (χ3n) is 5.39. The number of carbonyl (C=O) groups excluding carboxylic acids is 2. The van der Waals surface area contributed by atoms with E-state index in [1.54, 1.807) is 22.9 Å². The first kappa shape index (κ1) is 22.9. The average Bonchev–Trinajstić information content (AvgIpc) is 3.43. The van der Waals surface area contributed by atoms with Crippen molar-refractivity contribution in [1.82, 2.24) is 20.0 Å². The van der Waals surface area contributed by atoms with Crippen LogP contribution in [0.2, 0.25) is 5.02 Å². The van der Waals surface area contributed by atoms with Gasteiger partial charge in [0.1, 0.15) is 12.3 Å². The molecule has 2 aromatic carbocycles. The molecule has 0 unspecified atom stereocenters. The van der Waals surface area contributed by atoms with E-state index in [-0.39, 0.29) is 30.7 Å². The maximum absolute atomic E-state index is 13.0. The van der Waals surface area contributed by atoms with Crippen LogP contribution in [-0.4, -0.2) is 46.3 Å². The molecule has 1 aromatic heterocycles. The van der Waals surface area contributed by atoms with Crippen LogP contribution >= 0.6 is 11.6 Å². The van der Waals surface area contributed by atoms with Gasteiger partial charge in [-0.15, -0.1) is 0 Å². The molecule has 1 aliphatic rings. The zero-order valence-corrected chi connectivity index (χ0v) is 19.5. The van der Waals surface area contributed by atoms with Gasteiger partial charge in [-0.2, -0.15) is 5.10 Å². The molecule has 0 aliphatic carbocycles. The fourth-order valence-electron chi connectivity index (χ4n) is 3.70. The Bertz CT molecular complexity index is 1160. The van der Waals surface area contributed by atoms with Crippen molar-refractivity contribution >= 4 is 23.4 Å². The van der Waals surface area contributed by atoms with Gasteiger partial charge in [0.25, 0.3) is 5.91 Å². The van der Waals surface area contributed by atoms with Crippen molar-refractivity contribution in [1.29, 1.82) is 0 Å². The fraction of sp³-hybridized carbons (Fsp3) is 0.320. The number of hydrogen-bond donors (Lipinski definition) is 1. The summed E-state index contributed by atoms with van der Waals surface area (Å²) in [5.41, 5.74) is 2.57. The minimum atomic E-state index is -0.309. The van der Waals surface area contributed by atoms with E-state index in [4.69, 9.17) is 16.3 Å². The first-order valence-electron chi connectivity index (χ1n) is 11.1. The maximum Gasteiger partial charge on any atom is 0.276 e. The van der Waals surface area contributed by atoms with Crippen LogP contribution in [0.5, 0.6) is 5.75 Å². The second-order valence-electron chi connectivity index (χ2n) is 8.48. The monoisotopic (exact) mass is 466 g/mol. The summed E-state index contributed by atoms with van der Waals surface area (Å²) < 4.78 is 7.66. The normalized spacial score (nSPS) is 13.5. The summed E-state index contributed by atoms with van der Waals surface area (Å²) in [6, 6.07) is 16.8. The van der Waals surface area contributed by atoms with E-state index in [0.717, 1.165) is 35.5 Å². The summed E-state index contributed by atoms with van der Waals surface area (Å²) in [6.45, 7) is 5.25. The van der Waals surface area contributed by atoms with Crippen molar-refractivity contribution < 1.29 is 14.3 Å². The molecule has 1 aliphatic heterocycles. The van der Waals surface area contributed by atoms with Gasteiger partial charge in [0.15, 0.2) is 5.69 Å². The maximum atomic E-state index is 13.0. The van der Waals surface area contributed by atoms with E-state index < -0.39 is 0 Å². The summed E-state index contributed by atoms with van der Waals surface area (Å²) in [5.74, 6) is 0.915. The predicted molar refractivity (Wildman–Crippen MR) is 128 cm³/mol. The van der Waals surface area contributed by atoms with Gasteiger partial charge in [-0.05, 0) is 55.2 Å². The quantitative estimate of drug-likeness (QED) is 0.494. The van der Waals surface area contributed by atoms with Gasteiger partial charge < -0.3 is 15.0 Å². The lowest BCUT2D eigenvalue weighted by molar-refractivity contribution is -0.118. The van der Waals surface area contributed by atoms with Gasteiger partial charge in [-0.3, -0.25) is 9.59 Å². The highest BCUT2D eigenvalue weighted by molar-refractivity contribution is 6.30. The molecule has 1 saturated heterocycles. The molecule has 3 aromatic rings. The smallest absolute Gasteiger partial charge is 0.276 e. The molecule has 1 N–H and O–H groups in total. The number of aromatic nitrogens is 2. The Morgan fingerprint density at radius 2 is 2.00 bits per heavy atom. The van der Waals surface area contributed by atoms with Crippen molar-refractivity contribution in [3.63, 3.8) is 0 Å². The Morgan fingerprint density at radius 3 is 2.73 bits per heavy atom. The van der Waals surface area contributed by atoms with Crippen molar-refractivity contribution in [2.45, 2.75) is 26.7 Å². The summed E-state index contributed by atoms with van der Waals surface area (Å²) >= 11 is 6.22. The molecule has 8 heteroatoms. The van der Waals surface area contributed by atoms with Crippen LogP contribution in [-0.2, 0) is 4.79 Å². The molecule has 33 heavy (non-hydrogen) atoms. The number of nitrogens with zero attached hydrogens (tertiary/aromatic N) is 3. The fourth-order valence-corrected chi connectivity index (χ4v) is 3.88. The van der Waals surface area contributed by atoms with Gasteiger partial charge in [0.2, 0.25) is 5.91 Å². The molecule has 0 radical (unpaired) electrons. The second-order valence-corrected chi connectivity index (χ2v) is 8.92. The minimum absolute atomic E-state index is 0.0257. The summed E-state index contributed by atoms with van der Waals surface area (Å²) in [7, 11) is 0. The lowest BCUT2D eigenvalue weighted by atomic mass is 10.1. The molecule has 7 nitrogen and oxygen atoms in total. The van der Waals surface area contributed by atoms with E-state index in [1.165, 1.54) is 4.90 Å². The molecule has 2 heterocycles. The predicted octanol–water partition coefficient (Wildman–Crippen LogP) is 4.54. The van der Waals surface area contributed by atoms with E-state index in [0.29, 0.717) is 17.5 Å². The number of benzene rings is 2. The summed E-state index contributed by atoms with van der Waals surface area (Å²) in [5, 5.41) is 7.80. The Morgan fingerprint density at radius 1 is 1.18 bits per heavy atom. The van der Waals surface area contributed by atoms with Gasteiger partial charge >= 0.3 is 0 Å². The lowest BCUT2D eigenvalue weighted by Gasteiger charge is -2.11. The SMILES string of the molecule is CC(C)CCCOc1cccc(-c2cc(C(=O)N3CNC(=O)C3)nn2-c2cccc(Cl)c2)c1. The van der Waals surface area contributed by atoms with Crippen molar-refractivity contribution in [2.75, 3.05) is 19.8 Å². The third kappa shape index (κ3) is 5.54. The number of nitrogens with one attached hydrogen (secondary N) is 1. The van der Waals surface area contributed by atoms with Gasteiger partial charge in [0, 0.05) is 10.6 Å². The Hall–Kier alpha value is -3.32. The number of hydrogen-bond acceptors (Lipinski definition) is 4. The van der Waals surface area contributed by atoms with Crippen LogP contribution < -0.4 is 10.1 Å². The summed E-state index contributed by atoms with van der Waals surface area (Å²) in [4.78, 5) is 26.0. The largest absolute Gasteiger partial charge is 0.494 e. The zero-order chi connectivity index (χ0) is 23.4. The number of ether oxygens (including phenoxy) is 1. The topological polar surface area (TPSA) is 76.5 Å². The zero-order valence-electron chi connectivity index (χ0n) is 18.8. The molecule has 0 spiro atoms. The number of rotatable bonds is 8. The molecule has 4 rings (SSSR count). The molecule has 172 valence electrons. The Labute approximate surface area is 198 Å². The highest BCUT2D eigenvalue weighted by atomic mass is 35.5. The molecular weight excluding hydrogens is 440 g/mol. The average molecular weight is 467 g/mol. The standard InChI is InChI=1S/C25H27ClN4O3/c1-17(2)6-5-11-33-21-10-3-7-18(12-21)23-14-22(25(32)29-15-24(31)27-16-29)28-30(23)20-9-4-8-19(26)13-20/h3-4,7-10,12-14,17H,5-6,11,15-16H2,1-2H3,(H,27,31). The van der Waals surface area contributed by atoms with Gasteiger partial charge in [-0.25, -0.2) is 4.68 Å². The second kappa shape index (κ2) is 10.1. The molecule has 2 amide bonds. The first-order chi connectivity index (χ1) is 15.9. The number of halogens is 1. The first-order valence-corrected chi connectivity index (χ1v) is 11.4. The van der Waals surface area contributed by atoms with Crippen LogP contribution in [0.1, 0.15) is 37.2 Å². The molecular formula is C25H27ClN4O3. The van der Waals surface area contributed by atoms with Crippen LogP contribution in [0.3, 0.4) is 0 Å². The van der Waals surface area contributed by atoms with E-state index in [1.807, 2.05) is 36.4 Å². The van der Waals surface area contributed by atoms with Crippen LogP contribution in [0.4, 0.5) is 0 Å². The molecule has 0 atom stereocenters. The Kier molecular flexibility index (Phi) is 6.99. The van der Waals surface area contributed by atoms with E-state index >= 15 is 0 Å². The van der Waals surface area contributed by atoms with Gasteiger partial charge in [0.05, 0.1) is 24.7 Å². The molecule has 0 saturated carbocycles. The van der Waals surface area contributed by atoms with Crippen LogP contribution in [0.25, 0.3) is 16.9 Å². The molecule has 0 bridgehead atoms. The summed E-state index contributed by atoms with van der Waals surface area (Å²) in [6.07, 6.45) is 2.10. The molecule has 1 fully saturated rings. The van der Waals surface area contributed by atoms with Gasteiger partial charge in [-0.1, -0.05) is 43.6 Å². The van der Waals surface area contributed by atoms with Crippen molar-refractivity contribution in [2.24, 2.45) is 5.92 Å². The highest BCUT2D eigenvalue weighted by Crippen LogP contribution is 2.29. The lowest BCUT2D eigenvalue weighted by Crippen LogP contribution is -2.30. The van der Waals surface area contributed by atoms with Crippen molar-refractivity contribution in [3.05, 3.63) is 65.3 Å². The highest BCUT2D eigenvalue weighted by Gasteiger charge is 2.27. The van der Waals surface area contributed by atoms with E-state index in [2.05, 4.69) is 24.3 Å². The third-order valence-corrected chi connectivity index (χ3v) is 5.63. The van der Waals surface area contributed by atoms with E-state index in [9.17, 15) is 9.59 Å². The number of carbonyl (C=O) groups is 2. The van der Waals surface area contributed by atoms with Crippen LogP contribution in [0.15, 0.2) is 54.6 Å². The van der Waals surface area contributed by atoms with Crippen molar-refractivity contribution in [3.8, 4) is 22.7 Å². The minimum Gasteiger partial charge on any atom is -0.494 e.